The largest absolute Gasteiger partial charge is 0.393 e. The molecule has 2 aromatic rings. The standard InChI is InChI=1S/C10H9FN4O3/c11-6-1-5(2-16)18-10(6)15-4-14-7-8(15)12-3-13-9(7)17/h1,3-5,10,16H,2H2,(H,12,13,17)/t5-,10-/m0/s1. The van der Waals surface area contributed by atoms with Crippen LogP contribution in [0.2, 0.25) is 0 Å². The summed E-state index contributed by atoms with van der Waals surface area (Å²) in [6.45, 7) is -0.315. The van der Waals surface area contributed by atoms with E-state index in [-0.39, 0.29) is 17.8 Å². The Balaban J connectivity index is 2.09. The fourth-order valence-corrected chi connectivity index (χ4v) is 1.86. The van der Waals surface area contributed by atoms with Gasteiger partial charge in [-0.05, 0) is 6.08 Å². The number of nitrogens with zero attached hydrogens (tertiary/aromatic N) is 3. The lowest BCUT2D eigenvalue weighted by Gasteiger charge is -2.14. The first-order valence-electron chi connectivity index (χ1n) is 5.24. The van der Waals surface area contributed by atoms with Gasteiger partial charge in [-0.2, -0.15) is 0 Å². The van der Waals surface area contributed by atoms with Crippen LogP contribution in [0.3, 0.4) is 0 Å². The van der Waals surface area contributed by atoms with Crippen LogP contribution in [0.5, 0.6) is 0 Å². The van der Waals surface area contributed by atoms with Gasteiger partial charge in [0.05, 0.1) is 19.3 Å². The first-order valence-corrected chi connectivity index (χ1v) is 5.24. The number of aromatic nitrogens is 4. The van der Waals surface area contributed by atoms with E-state index in [2.05, 4.69) is 15.0 Å². The summed E-state index contributed by atoms with van der Waals surface area (Å²) in [5.41, 5.74) is -0.0629. The van der Waals surface area contributed by atoms with Gasteiger partial charge in [-0.3, -0.25) is 9.36 Å². The molecule has 0 amide bonds. The summed E-state index contributed by atoms with van der Waals surface area (Å²) in [5.74, 6) is -0.546. The molecule has 0 unspecified atom stereocenters. The summed E-state index contributed by atoms with van der Waals surface area (Å²) in [6.07, 6.45) is 1.94. The third kappa shape index (κ3) is 1.54. The fraction of sp³-hybridized carbons (Fsp3) is 0.300. The average Bonchev–Trinajstić information content (AvgIpc) is 2.93. The zero-order chi connectivity index (χ0) is 12.7. The Morgan fingerprint density at radius 2 is 2.39 bits per heavy atom. The molecular weight excluding hydrogens is 243 g/mol. The normalized spacial score (nSPS) is 23.6. The molecule has 1 aliphatic rings. The van der Waals surface area contributed by atoms with Crippen LogP contribution in [0.25, 0.3) is 11.2 Å². The molecule has 94 valence electrons. The van der Waals surface area contributed by atoms with E-state index in [1.165, 1.54) is 23.3 Å². The number of hydrogen-bond donors (Lipinski definition) is 2. The van der Waals surface area contributed by atoms with E-state index in [4.69, 9.17) is 9.84 Å². The van der Waals surface area contributed by atoms with Crippen molar-refractivity contribution in [2.24, 2.45) is 0 Å². The molecule has 2 atom stereocenters. The number of H-pyrrole nitrogens is 1. The highest BCUT2D eigenvalue weighted by atomic mass is 19.1. The van der Waals surface area contributed by atoms with E-state index >= 15 is 0 Å². The predicted octanol–water partition coefficient (Wildman–Crippen LogP) is -0.137. The van der Waals surface area contributed by atoms with Crippen molar-refractivity contribution in [2.45, 2.75) is 12.3 Å². The topological polar surface area (TPSA) is 93.0 Å². The number of aromatic amines is 1. The minimum atomic E-state index is -1.04. The van der Waals surface area contributed by atoms with Gasteiger partial charge in [-0.1, -0.05) is 0 Å². The number of ether oxygens (including phenoxy) is 1. The Hall–Kier alpha value is -2.06. The third-order valence-electron chi connectivity index (χ3n) is 2.68. The van der Waals surface area contributed by atoms with Crippen LogP contribution in [-0.4, -0.2) is 37.3 Å². The van der Waals surface area contributed by atoms with E-state index in [0.717, 1.165) is 0 Å². The highest BCUT2D eigenvalue weighted by molar-refractivity contribution is 5.69. The van der Waals surface area contributed by atoms with Crippen molar-refractivity contribution in [1.29, 1.82) is 0 Å². The SMILES string of the molecule is O=c1[nH]cnc2c1ncn2[C@H]1O[C@H](CO)C=C1F. The van der Waals surface area contributed by atoms with E-state index in [1.54, 1.807) is 0 Å². The van der Waals surface area contributed by atoms with Gasteiger partial charge >= 0.3 is 0 Å². The molecular formula is C10H9FN4O3. The van der Waals surface area contributed by atoms with Crippen molar-refractivity contribution in [3.8, 4) is 0 Å². The van der Waals surface area contributed by atoms with E-state index < -0.39 is 23.7 Å². The van der Waals surface area contributed by atoms with Gasteiger partial charge in [0.2, 0.25) is 0 Å². The molecule has 0 bridgehead atoms. The maximum atomic E-state index is 13.7. The van der Waals surface area contributed by atoms with Crippen molar-refractivity contribution in [3.63, 3.8) is 0 Å². The number of hydrogen-bond acceptors (Lipinski definition) is 5. The predicted molar refractivity (Wildman–Crippen MR) is 58.3 cm³/mol. The van der Waals surface area contributed by atoms with Gasteiger partial charge < -0.3 is 14.8 Å². The van der Waals surface area contributed by atoms with Crippen molar-refractivity contribution >= 4 is 11.2 Å². The van der Waals surface area contributed by atoms with Gasteiger partial charge in [0.25, 0.3) is 5.56 Å². The first-order chi connectivity index (χ1) is 8.70. The van der Waals surface area contributed by atoms with Crippen LogP contribution in [0.4, 0.5) is 4.39 Å². The number of rotatable bonds is 2. The Labute approximate surface area is 99.6 Å². The van der Waals surface area contributed by atoms with E-state index in [1.807, 2.05) is 0 Å². The minimum absolute atomic E-state index is 0.112. The highest BCUT2D eigenvalue weighted by Crippen LogP contribution is 2.31. The average molecular weight is 252 g/mol. The summed E-state index contributed by atoms with van der Waals surface area (Å²) in [4.78, 5) is 21.6. The van der Waals surface area contributed by atoms with Crippen LogP contribution in [0, 0.1) is 0 Å². The number of halogens is 1. The first kappa shape index (κ1) is 11.1. The molecule has 0 saturated carbocycles. The Morgan fingerprint density at radius 1 is 1.56 bits per heavy atom. The smallest absolute Gasteiger partial charge is 0.278 e. The zero-order valence-electron chi connectivity index (χ0n) is 9.08. The molecule has 18 heavy (non-hydrogen) atoms. The summed E-state index contributed by atoms with van der Waals surface area (Å²) in [7, 11) is 0. The molecule has 0 radical (unpaired) electrons. The van der Waals surface area contributed by atoms with Gasteiger partial charge in [-0.25, -0.2) is 14.4 Å². The van der Waals surface area contributed by atoms with Crippen molar-refractivity contribution < 1.29 is 14.2 Å². The highest BCUT2D eigenvalue weighted by Gasteiger charge is 2.30. The molecule has 0 spiro atoms. The number of aliphatic hydroxyl groups excluding tert-OH is 1. The number of aliphatic hydroxyl groups is 1. The molecule has 1 aliphatic heterocycles. The minimum Gasteiger partial charge on any atom is -0.393 e. The second-order valence-electron chi connectivity index (χ2n) is 3.82. The van der Waals surface area contributed by atoms with E-state index in [0.29, 0.717) is 0 Å². The van der Waals surface area contributed by atoms with E-state index in [9.17, 15) is 9.18 Å². The molecule has 8 heteroatoms. The molecule has 0 fully saturated rings. The summed E-state index contributed by atoms with van der Waals surface area (Å²) in [6, 6.07) is 0. The van der Waals surface area contributed by atoms with Gasteiger partial charge in [0.15, 0.2) is 17.4 Å². The van der Waals surface area contributed by atoms with Crippen LogP contribution < -0.4 is 5.56 Å². The Morgan fingerprint density at radius 3 is 3.11 bits per heavy atom. The maximum Gasteiger partial charge on any atom is 0.278 e. The summed E-state index contributed by atoms with van der Waals surface area (Å²) < 4.78 is 20.3. The zero-order valence-corrected chi connectivity index (χ0v) is 9.08. The third-order valence-corrected chi connectivity index (χ3v) is 2.68. The molecule has 0 saturated heterocycles. The van der Waals surface area contributed by atoms with Crippen LogP contribution >= 0.6 is 0 Å². The second kappa shape index (κ2) is 4.00. The molecule has 2 aromatic heterocycles. The molecule has 2 N–H and O–H groups in total. The fourth-order valence-electron chi connectivity index (χ4n) is 1.86. The lowest BCUT2D eigenvalue weighted by Crippen LogP contribution is -2.16. The molecule has 0 aliphatic carbocycles. The Bertz CT molecular complexity index is 677. The molecule has 3 heterocycles. The number of nitrogens with one attached hydrogen (secondary N) is 1. The van der Waals surface area contributed by atoms with Crippen molar-refractivity contribution in [3.05, 3.63) is 34.9 Å². The summed E-state index contributed by atoms with van der Waals surface area (Å²) in [5, 5.41) is 8.92. The van der Waals surface area contributed by atoms with Crippen molar-refractivity contribution in [1.82, 2.24) is 19.5 Å². The van der Waals surface area contributed by atoms with Gasteiger partial charge in [-0.15, -0.1) is 0 Å². The second-order valence-corrected chi connectivity index (χ2v) is 3.82. The molecule has 3 rings (SSSR count). The summed E-state index contributed by atoms with van der Waals surface area (Å²) >= 11 is 0. The number of imidazole rings is 1. The lowest BCUT2D eigenvalue weighted by atomic mass is 10.3. The van der Waals surface area contributed by atoms with Gasteiger partial charge in [0.1, 0.15) is 11.9 Å². The van der Waals surface area contributed by atoms with Crippen LogP contribution in [0.15, 0.2) is 29.4 Å². The maximum absolute atomic E-state index is 13.7. The van der Waals surface area contributed by atoms with Gasteiger partial charge in [0, 0.05) is 0 Å². The van der Waals surface area contributed by atoms with Crippen LogP contribution in [0.1, 0.15) is 6.23 Å². The molecule has 0 aromatic carbocycles. The van der Waals surface area contributed by atoms with Crippen molar-refractivity contribution in [2.75, 3.05) is 6.61 Å². The Kier molecular flexibility index (Phi) is 2.46. The lowest BCUT2D eigenvalue weighted by molar-refractivity contribution is -0.0174. The quantitative estimate of drug-likeness (QED) is 0.776. The molecule has 7 nitrogen and oxygen atoms in total. The number of fused-ring (bicyclic) bond motifs is 1. The van der Waals surface area contributed by atoms with Crippen LogP contribution in [-0.2, 0) is 4.74 Å². The monoisotopic (exact) mass is 252 g/mol.